The minimum Gasteiger partial charge on any atom is -0.340 e. The summed E-state index contributed by atoms with van der Waals surface area (Å²) in [5.41, 5.74) is -4.59. The molecule has 9 nitrogen and oxygen atoms in total. The van der Waals surface area contributed by atoms with Crippen LogP contribution in [-0.2, 0) is 19.8 Å². The molecule has 0 saturated carbocycles. The Bertz CT molecular complexity index is 1560. The van der Waals surface area contributed by atoms with Crippen LogP contribution in [0.1, 0.15) is 47.3 Å². The third-order valence-electron chi connectivity index (χ3n) is 7.67. The number of amides is 3. The summed E-state index contributed by atoms with van der Waals surface area (Å²) in [6.45, 7) is 0. The van der Waals surface area contributed by atoms with Crippen LogP contribution < -0.4 is 10.2 Å². The molecule has 41 heavy (non-hydrogen) atoms. The molecular weight excluding hydrogens is 599 g/mol. The molecule has 14 heteroatoms. The lowest BCUT2D eigenvalue weighted by atomic mass is 10.1. The average Bonchev–Trinajstić information content (AvgIpc) is 3.51. The molecule has 3 N–H and O–H groups in total. The maximum absolute atomic E-state index is 14.2. The van der Waals surface area contributed by atoms with Crippen LogP contribution in [0.15, 0.2) is 48.5 Å². The van der Waals surface area contributed by atoms with Gasteiger partial charge in [-0.25, -0.2) is 0 Å². The van der Waals surface area contributed by atoms with Crippen molar-refractivity contribution in [3.63, 3.8) is 0 Å². The van der Waals surface area contributed by atoms with Gasteiger partial charge in [-0.05, 0) is 80.0 Å². The van der Waals surface area contributed by atoms with Crippen molar-refractivity contribution in [2.45, 2.75) is 55.9 Å². The van der Waals surface area contributed by atoms with Crippen molar-refractivity contribution in [2.75, 3.05) is 11.9 Å². The number of nitrogens with one attached hydrogen (secondary N) is 1. The minimum atomic E-state index is -5.75. The fourth-order valence-electron chi connectivity index (χ4n) is 5.49. The Hall–Kier alpha value is -2.89. The number of rotatable bonds is 6. The number of likely N-dealkylation sites (N-methyl/N-ethyl adjacent to an activating group) is 1. The number of nitrogens with zero attached hydrogens (tertiary/aromatic N) is 2. The zero-order valence-electron chi connectivity index (χ0n) is 21.8. The third-order valence-corrected chi connectivity index (χ3v) is 10.0. The third kappa shape index (κ3) is 5.63. The smallest absolute Gasteiger partial charge is 0.340 e. The van der Waals surface area contributed by atoms with E-state index in [-0.39, 0.29) is 28.1 Å². The second-order valence-corrected chi connectivity index (χ2v) is 13.4. The molecule has 0 unspecified atom stereocenters. The van der Waals surface area contributed by atoms with Crippen molar-refractivity contribution >= 4 is 64.0 Å². The van der Waals surface area contributed by atoms with Gasteiger partial charge < -0.3 is 24.9 Å². The molecule has 2 aliphatic heterocycles. The highest BCUT2D eigenvalue weighted by Crippen LogP contribution is 2.59. The van der Waals surface area contributed by atoms with E-state index in [1.54, 1.807) is 36.2 Å². The zero-order valence-corrected chi connectivity index (χ0v) is 24.3. The molecular formula is C27H27ClF2N3O6PS. The molecule has 3 aromatic rings. The lowest BCUT2D eigenvalue weighted by Crippen LogP contribution is -2.54. The van der Waals surface area contributed by atoms with Crippen LogP contribution >= 0.6 is 30.5 Å². The Morgan fingerprint density at radius 3 is 2.49 bits per heavy atom. The number of anilines is 1. The summed E-state index contributed by atoms with van der Waals surface area (Å²) in [6, 6.07) is 9.62. The molecule has 2 fully saturated rings. The van der Waals surface area contributed by atoms with E-state index < -0.39 is 36.8 Å². The molecule has 218 valence electrons. The van der Waals surface area contributed by atoms with Gasteiger partial charge in [-0.15, -0.1) is 11.3 Å². The van der Waals surface area contributed by atoms with Crippen molar-refractivity contribution in [3.8, 4) is 0 Å². The monoisotopic (exact) mass is 625 g/mol. The first kappa shape index (κ1) is 29.6. The summed E-state index contributed by atoms with van der Waals surface area (Å²) in [4.78, 5) is 61.7. The summed E-state index contributed by atoms with van der Waals surface area (Å²) in [5, 5.41) is 3.52. The van der Waals surface area contributed by atoms with E-state index in [1.807, 2.05) is 0 Å². The highest BCUT2D eigenvalue weighted by atomic mass is 35.5. The maximum atomic E-state index is 14.2. The largest absolute Gasteiger partial charge is 0.399 e. The number of thiophene rings is 1. The quantitative estimate of drug-likeness (QED) is 0.328. The molecule has 0 spiro atoms. The Kier molecular flexibility index (Phi) is 7.99. The van der Waals surface area contributed by atoms with Crippen LogP contribution in [0.5, 0.6) is 0 Å². The van der Waals surface area contributed by atoms with Crippen molar-refractivity contribution < 1.29 is 37.5 Å². The molecule has 1 aromatic heterocycles. The number of fused-ring (bicyclic) bond motifs is 2. The summed E-state index contributed by atoms with van der Waals surface area (Å²) in [5.74, 6) is -1.15. The Balaban J connectivity index is 1.33. The number of halogens is 3. The summed E-state index contributed by atoms with van der Waals surface area (Å²) in [7, 11) is -4.11. The summed E-state index contributed by atoms with van der Waals surface area (Å²) < 4.78 is 40.1. The minimum absolute atomic E-state index is 0.115. The van der Waals surface area contributed by atoms with Crippen molar-refractivity contribution in [1.82, 2.24) is 10.2 Å². The molecule has 3 atom stereocenters. The van der Waals surface area contributed by atoms with E-state index in [0.29, 0.717) is 47.5 Å². The summed E-state index contributed by atoms with van der Waals surface area (Å²) in [6.07, 6.45) is 2.93. The molecule has 2 aromatic carbocycles. The predicted octanol–water partition coefficient (Wildman–Crippen LogP) is 5.09. The number of benzene rings is 2. The van der Waals surface area contributed by atoms with E-state index in [1.165, 1.54) is 17.0 Å². The number of hydrogen-bond donors (Lipinski definition) is 3. The van der Waals surface area contributed by atoms with Gasteiger partial charge in [0.1, 0.15) is 12.1 Å². The lowest BCUT2D eigenvalue weighted by Gasteiger charge is -2.32. The van der Waals surface area contributed by atoms with Gasteiger partial charge in [0.15, 0.2) is 0 Å². The lowest BCUT2D eigenvalue weighted by molar-refractivity contribution is -0.140. The van der Waals surface area contributed by atoms with E-state index in [4.69, 9.17) is 21.4 Å². The fourth-order valence-corrected chi connectivity index (χ4v) is 7.04. The van der Waals surface area contributed by atoms with E-state index in [0.717, 1.165) is 23.5 Å². The van der Waals surface area contributed by atoms with Crippen LogP contribution in [-0.4, -0.2) is 57.6 Å². The molecule has 0 bridgehead atoms. The van der Waals surface area contributed by atoms with Gasteiger partial charge in [0.2, 0.25) is 11.8 Å². The maximum Gasteiger partial charge on any atom is 0.399 e. The molecule has 0 aliphatic carbocycles. The van der Waals surface area contributed by atoms with E-state index in [2.05, 4.69) is 5.32 Å². The normalized spacial score (nSPS) is 21.5. The van der Waals surface area contributed by atoms with Crippen LogP contribution in [0.3, 0.4) is 0 Å². The molecule has 2 aliphatic rings. The van der Waals surface area contributed by atoms with Crippen LogP contribution in [0.4, 0.5) is 14.5 Å². The van der Waals surface area contributed by atoms with Gasteiger partial charge in [0, 0.05) is 34.1 Å². The topological polar surface area (TPSA) is 127 Å². The number of carbonyl (C=O) groups excluding carboxylic acids is 3. The number of hydrogen-bond acceptors (Lipinski definition) is 5. The van der Waals surface area contributed by atoms with Gasteiger partial charge in [-0.3, -0.25) is 18.9 Å². The van der Waals surface area contributed by atoms with Gasteiger partial charge in [-0.1, -0.05) is 17.7 Å². The van der Waals surface area contributed by atoms with E-state index in [9.17, 15) is 27.7 Å². The molecule has 3 amide bonds. The van der Waals surface area contributed by atoms with Gasteiger partial charge in [0.25, 0.3) is 5.91 Å². The molecule has 2 saturated heterocycles. The van der Waals surface area contributed by atoms with E-state index >= 15 is 0 Å². The van der Waals surface area contributed by atoms with Gasteiger partial charge in [0.05, 0.1) is 4.88 Å². The van der Waals surface area contributed by atoms with Gasteiger partial charge in [-0.2, -0.15) is 8.78 Å². The van der Waals surface area contributed by atoms with Crippen LogP contribution in [0.25, 0.3) is 10.1 Å². The first-order chi connectivity index (χ1) is 19.3. The average molecular weight is 626 g/mol. The Labute approximate surface area is 243 Å². The summed E-state index contributed by atoms with van der Waals surface area (Å²) >= 11 is 6.98. The fraction of sp³-hybridized carbons (Fsp3) is 0.370. The predicted molar refractivity (Wildman–Crippen MR) is 151 cm³/mol. The van der Waals surface area contributed by atoms with Crippen LogP contribution in [0.2, 0.25) is 5.02 Å². The zero-order chi connectivity index (χ0) is 29.7. The van der Waals surface area contributed by atoms with Crippen molar-refractivity contribution in [1.29, 1.82) is 0 Å². The highest BCUT2D eigenvalue weighted by Gasteiger charge is 2.50. The standard InChI is InChI=1S/C27H27ClF2N3O6PS/c1-32(18-8-6-17(28)7-9-18)26(36)21-11-10-19-3-2-4-20(25(35)33(19)21)31-24(34)23-14-15-13-16(5-12-22(15)41-23)27(29,30)40(37,38)39/h5-9,12-14,19-21H,2-4,10-11H2,1H3,(H,31,34)(H2,37,38,39)/t19-,20+,21+/m1/s1. The SMILES string of the molecule is CN(C(=O)[C@@H]1CC[C@H]2CCC[C@H](NC(=O)c3cc4cc(C(F)(F)P(=O)(O)O)ccc4s3)C(=O)N21)c1ccc(Cl)cc1. The first-order valence-electron chi connectivity index (χ1n) is 12.9. The van der Waals surface area contributed by atoms with Crippen molar-refractivity contribution in [2.24, 2.45) is 0 Å². The first-order valence-corrected chi connectivity index (χ1v) is 15.7. The highest BCUT2D eigenvalue weighted by molar-refractivity contribution is 7.52. The van der Waals surface area contributed by atoms with Crippen molar-refractivity contribution in [3.05, 3.63) is 64.0 Å². The van der Waals surface area contributed by atoms with Crippen LogP contribution in [0, 0.1) is 0 Å². The molecule has 5 rings (SSSR count). The Morgan fingerprint density at radius 2 is 1.80 bits per heavy atom. The van der Waals surface area contributed by atoms with Gasteiger partial charge >= 0.3 is 13.3 Å². The second kappa shape index (κ2) is 11.1. The molecule has 0 radical (unpaired) electrons. The second-order valence-electron chi connectivity index (χ2n) is 10.3. The molecule has 3 heterocycles. The number of carbonyl (C=O) groups is 3. The number of alkyl halides is 2. The Morgan fingerprint density at radius 1 is 1.10 bits per heavy atom.